The molecule has 1 N–H and O–H groups in total. The summed E-state index contributed by atoms with van der Waals surface area (Å²) in [6, 6.07) is 8.57. The third-order valence-electron chi connectivity index (χ3n) is 2.57. The SMILES string of the molecule is CS(=O)(=O)NCCc1ccc[c]([Sn]([CH3])([CH3])[CH3])c1. The van der Waals surface area contributed by atoms with Gasteiger partial charge >= 0.3 is 109 Å². The molecule has 0 aliphatic carbocycles. The number of hydrogen-bond donors (Lipinski definition) is 1. The molecule has 0 bridgehead atoms. The fourth-order valence-electron chi connectivity index (χ4n) is 1.57. The van der Waals surface area contributed by atoms with Crippen molar-refractivity contribution in [2.75, 3.05) is 12.8 Å². The second-order valence-electron chi connectivity index (χ2n) is 5.37. The Kier molecular flexibility index (Phi) is 5.04. The quantitative estimate of drug-likeness (QED) is 0.804. The summed E-state index contributed by atoms with van der Waals surface area (Å²) in [5.41, 5.74) is 1.21. The predicted molar refractivity (Wildman–Crippen MR) is 76.0 cm³/mol. The molecule has 0 heterocycles. The molecule has 0 unspecified atom stereocenters. The Morgan fingerprint density at radius 1 is 1.24 bits per heavy atom. The number of nitrogens with one attached hydrogen (secondary N) is 1. The van der Waals surface area contributed by atoms with Crippen molar-refractivity contribution in [3.63, 3.8) is 0 Å². The van der Waals surface area contributed by atoms with Crippen LogP contribution < -0.4 is 8.30 Å². The van der Waals surface area contributed by atoms with Gasteiger partial charge in [0.1, 0.15) is 0 Å². The van der Waals surface area contributed by atoms with Gasteiger partial charge in [-0.15, -0.1) is 0 Å². The second-order valence-corrected chi connectivity index (χ2v) is 21.7. The van der Waals surface area contributed by atoms with Gasteiger partial charge < -0.3 is 0 Å². The van der Waals surface area contributed by atoms with Crippen molar-refractivity contribution in [1.82, 2.24) is 4.72 Å². The molecule has 0 atom stereocenters. The van der Waals surface area contributed by atoms with Crippen molar-refractivity contribution in [3.8, 4) is 0 Å². The van der Waals surface area contributed by atoms with Gasteiger partial charge in [-0.1, -0.05) is 0 Å². The zero-order valence-corrected chi connectivity index (χ0v) is 14.6. The van der Waals surface area contributed by atoms with Gasteiger partial charge in [0.2, 0.25) is 0 Å². The summed E-state index contributed by atoms with van der Waals surface area (Å²) in [5.74, 6) is 0. The Hall–Kier alpha value is -0.0713. The van der Waals surface area contributed by atoms with Gasteiger partial charge in [-0.25, -0.2) is 0 Å². The molecule has 0 spiro atoms. The van der Waals surface area contributed by atoms with Gasteiger partial charge in [0.05, 0.1) is 0 Å². The van der Waals surface area contributed by atoms with Gasteiger partial charge in [-0.3, -0.25) is 0 Å². The molecule has 5 heteroatoms. The fourth-order valence-corrected chi connectivity index (χ4v) is 5.51. The zero-order valence-electron chi connectivity index (χ0n) is 10.9. The molecule has 1 rings (SSSR count). The Labute approximate surface area is 109 Å². The Bertz CT molecular complexity index is 478. The molecular weight excluding hydrogens is 341 g/mol. The van der Waals surface area contributed by atoms with Crippen LogP contribution in [0.1, 0.15) is 5.56 Å². The first-order chi connectivity index (χ1) is 7.68. The Balaban J connectivity index is 2.67. The zero-order chi connectivity index (χ0) is 13.1. The van der Waals surface area contributed by atoms with Crippen molar-refractivity contribution in [1.29, 1.82) is 0 Å². The molecule has 0 saturated heterocycles. The van der Waals surface area contributed by atoms with Crippen molar-refractivity contribution in [3.05, 3.63) is 29.8 Å². The van der Waals surface area contributed by atoms with Crippen LogP contribution in [0.25, 0.3) is 0 Å². The van der Waals surface area contributed by atoms with Crippen molar-refractivity contribution >= 4 is 32.0 Å². The number of rotatable bonds is 5. The monoisotopic (exact) mass is 363 g/mol. The number of sulfonamides is 1. The molecule has 0 saturated carbocycles. The Morgan fingerprint density at radius 3 is 2.41 bits per heavy atom. The van der Waals surface area contributed by atoms with Crippen LogP contribution in [0.3, 0.4) is 0 Å². The number of benzene rings is 1. The molecule has 96 valence electrons. The molecule has 0 radical (unpaired) electrons. The summed E-state index contributed by atoms with van der Waals surface area (Å²) >= 11 is -2.00. The van der Waals surface area contributed by atoms with Crippen molar-refractivity contribution in [2.45, 2.75) is 21.2 Å². The van der Waals surface area contributed by atoms with Crippen LogP contribution in [-0.2, 0) is 16.4 Å². The minimum absolute atomic E-state index is 0.474. The Morgan fingerprint density at radius 2 is 1.88 bits per heavy atom. The maximum absolute atomic E-state index is 10.9. The molecule has 0 fully saturated rings. The predicted octanol–water partition coefficient (Wildman–Crippen LogP) is 1.32. The summed E-state index contributed by atoms with van der Waals surface area (Å²) in [7, 11) is -3.07. The molecule has 3 nitrogen and oxygen atoms in total. The fraction of sp³-hybridized carbons (Fsp3) is 0.500. The molecule has 1 aromatic carbocycles. The van der Waals surface area contributed by atoms with E-state index < -0.39 is 28.4 Å². The third-order valence-corrected chi connectivity index (χ3v) is 9.13. The third kappa shape index (κ3) is 5.88. The van der Waals surface area contributed by atoms with Gasteiger partial charge in [-0.05, 0) is 0 Å². The van der Waals surface area contributed by atoms with E-state index in [-0.39, 0.29) is 0 Å². The molecule has 0 aromatic heterocycles. The van der Waals surface area contributed by atoms with Crippen LogP contribution in [0.15, 0.2) is 24.3 Å². The van der Waals surface area contributed by atoms with Crippen LogP contribution in [0.5, 0.6) is 0 Å². The standard InChI is InChI=1S/C9H12NO2S.3CH3.Sn/c1-13(11,12)10-8-7-9-5-3-2-4-6-9;;;;/h2-3,5-6,10H,7-8H2,1H3;3*1H3;. The summed E-state index contributed by atoms with van der Waals surface area (Å²) in [5, 5.41) is 0. The van der Waals surface area contributed by atoms with Gasteiger partial charge in [0.25, 0.3) is 0 Å². The van der Waals surface area contributed by atoms with E-state index in [1.54, 1.807) is 0 Å². The van der Waals surface area contributed by atoms with E-state index in [1.807, 2.05) is 0 Å². The summed E-state index contributed by atoms with van der Waals surface area (Å²) in [4.78, 5) is 7.13. The average Bonchev–Trinajstić information content (AvgIpc) is 2.15. The molecule has 1 aromatic rings. The van der Waals surface area contributed by atoms with Crippen LogP contribution in [0, 0.1) is 0 Å². The number of hydrogen-bond acceptors (Lipinski definition) is 2. The van der Waals surface area contributed by atoms with E-state index in [0.717, 1.165) is 6.42 Å². The van der Waals surface area contributed by atoms with Gasteiger partial charge in [-0.2, -0.15) is 0 Å². The maximum atomic E-state index is 10.9. The van der Waals surface area contributed by atoms with Crippen molar-refractivity contribution in [2.24, 2.45) is 0 Å². The van der Waals surface area contributed by atoms with Crippen LogP contribution >= 0.6 is 0 Å². The van der Waals surface area contributed by atoms with Gasteiger partial charge in [0, 0.05) is 0 Å². The van der Waals surface area contributed by atoms with E-state index >= 15 is 0 Å². The first-order valence-electron chi connectivity index (χ1n) is 5.72. The first kappa shape index (κ1) is 15.0. The molecule has 17 heavy (non-hydrogen) atoms. The average molecular weight is 362 g/mol. The normalized spacial score (nSPS) is 12.7. The topological polar surface area (TPSA) is 46.2 Å². The molecule has 0 aliphatic heterocycles. The molecule has 0 aliphatic rings. The van der Waals surface area contributed by atoms with E-state index in [4.69, 9.17) is 0 Å². The van der Waals surface area contributed by atoms with E-state index in [9.17, 15) is 8.42 Å². The van der Waals surface area contributed by atoms with Crippen LogP contribution in [0.4, 0.5) is 0 Å². The summed E-state index contributed by atoms with van der Waals surface area (Å²) in [6.45, 7) is 0.474. The van der Waals surface area contributed by atoms with E-state index in [1.165, 1.54) is 15.4 Å². The van der Waals surface area contributed by atoms with E-state index in [0.29, 0.717) is 6.54 Å². The van der Waals surface area contributed by atoms with Crippen molar-refractivity contribution < 1.29 is 8.42 Å². The second kappa shape index (κ2) is 5.71. The summed E-state index contributed by atoms with van der Waals surface area (Å²) in [6.07, 6.45) is 1.94. The van der Waals surface area contributed by atoms with Crippen LogP contribution in [0.2, 0.25) is 14.8 Å². The first-order valence-corrected chi connectivity index (χ1v) is 17.6. The van der Waals surface area contributed by atoms with Gasteiger partial charge in [0.15, 0.2) is 0 Å². The van der Waals surface area contributed by atoms with Crippen LogP contribution in [-0.4, -0.2) is 39.6 Å². The molecule has 0 amide bonds. The molecular formula is C12H21NO2SSn. The minimum atomic E-state index is -3.07. The summed E-state index contributed by atoms with van der Waals surface area (Å²) < 4.78 is 25.9. The van der Waals surface area contributed by atoms with E-state index in [2.05, 4.69) is 43.8 Å².